The van der Waals surface area contributed by atoms with E-state index in [1.807, 2.05) is 91.0 Å². The summed E-state index contributed by atoms with van der Waals surface area (Å²) in [5.74, 6) is -2.85. The summed E-state index contributed by atoms with van der Waals surface area (Å²) in [6.07, 6.45) is 0.0838. The zero-order valence-corrected chi connectivity index (χ0v) is 16.7. The van der Waals surface area contributed by atoms with Crippen LogP contribution in [0.4, 0.5) is 13.2 Å². The van der Waals surface area contributed by atoms with E-state index in [9.17, 15) is 13.2 Å². The molecule has 146 valence electrons. The third kappa shape index (κ3) is 3.59. The molecule has 0 aromatic heterocycles. The maximum atomic E-state index is 14.7. The molecule has 0 heterocycles. The van der Waals surface area contributed by atoms with Gasteiger partial charge in [-0.05, 0) is 0 Å². The second kappa shape index (κ2) is 8.23. The molecule has 0 saturated carbocycles. The van der Waals surface area contributed by atoms with Crippen molar-refractivity contribution in [2.45, 2.75) is 6.16 Å². The number of hydrogen-bond acceptors (Lipinski definition) is 0. The number of benzene rings is 4. The van der Waals surface area contributed by atoms with E-state index in [1.54, 1.807) is 0 Å². The molecule has 0 nitrogen and oxygen atoms in total. The van der Waals surface area contributed by atoms with Gasteiger partial charge in [0.2, 0.25) is 0 Å². The average Bonchev–Trinajstić information content (AvgIpc) is 2.79. The van der Waals surface area contributed by atoms with Crippen LogP contribution in [0.15, 0.2) is 103 Å². The van der Waals surface area contributed by atoms with Crippen molar-refractivity contribution in [2.75, 3.05) is 0 Å². The first-order valence-electron chi connectivity index (χ1n) is 9.42. The molecule has 0 fully saturated rings. The van der Waals surface area contributed by atoms with E-state index in [-0.39, 0.29) is 11.7 Å². The van der Waals surface area contributed by atoms with Crippen molar-refractivity contribution in [3.05, 3.63) is 126 Å². The molecule has 4 rings (SSSR count). The summed E-state index contributed by atoms with van der Waals surface area (Å²) in [6.45, 7) is 0. The molecule has 4 aromatic rings. The predicted octanol–water partition coefficient (Wildman–Crippen LogP) is 5.33. The van der Waals surface area contributed by atoms with Gasteiger partial charge < -0.3 is 0 Å². The number of rotatable bonds is 5. The molecular weight excluding hydrogens is 388 g/mol. The number of halogens is 3. The van der Waals surface area contributed by atoms with Crippen molar-refractivity contribution in [3.63, 3.8) is 0 Å². The first kappa shape index (κ1) is 19.4. The molecule has 4 aromatic carbocycles. The average molecular weight is 408 g/mol. The van der Waals surface area contributed by atoms with Gasteiger partial charge >= 0.3 is 169 Å². The van der Waals surface area contributed by atoms with Crippen LogP contribution in [0.25, 0.3) is 0 Å². The summed E-state index contributed by atoms with van der Waals surface area (Å²) in [5, 5.41) is 3.04. The van der Waals surface area contributed by atoms with Gasteiger partial charge in [0.05, 0.1) is 0 Å². The van der Waals surface area contributed by atoms with E-state index >= 15 is 0 Å². The second-order valence-corrected chi connectivity index (χ2v) is 10.9. The fourth-order valence-electron chi connectivity index (χ4n) is 3.97. The summed E-state index contributed by atoms with van der Waals surface area (Å²) in [5.41, 5.74) is -0.201. The van der Waals surface area contributed by atoms with Gasteiger partial charge in [-0.15, -0.1) is 0 Å². The molecule has 0 bridgehead atoms. The summed E-state index contributed by atoms with van der Waals surface area (Å²) in [4.78, 5) is 0. The van der Waals surface area contributed by atoms with Gasteiger partial charge in [0, 0.05) is 0 Å². The third-order valence-electron chi connectivity index (χ3n) is 5.38. The Balaban J connectivity index is 2.05. The molecule has 0 N–H and O–H groups in total. The fraction of sp³-hybridized carbons (Fsp3) is 0.0400. The Bertz CT molecular complexity index is 1000. The first-order valence-corrected chi connectivity index (χ1v) is 11.6. The van der Waals surface area contributed by atoms with Gasteiger partial charge in [0.15, 0.2) is 0 Å². The van der Waals surface area contributed by atoms with Gasteiger partial charge in [0.1, 0.15) is 0 Å². The van der Waals surface area contributed by atoms with E-state index in [4.69, 9.17) is 0 Å². The molecule has 4 heteroatoms. The van der Waals surface area contributed by atoms with Crippen LogP contribution >= 0.6 is 7.26 Å². The van der Waals surface area contributed by atoms with Crippen LogP contribution in [-0.4, -0.2) is 0 Å². The molecule has 0 amide bonds. The Kier molecular flexibility index (Phi) is 5.51. The maximum absolute atomic E-state index is 14.7. The first-order chi connectivity index (χ1) is 14.1. The fourth-order valence-corrected chi connectivity index (χ4v) is 8.72. The van der Waals surface area contributed by atoms with Crippen LogP contribution in [0.3, 0.4) is 0 Å². The van der Waals surface area contributed by atoms with Crippen molar-refractivity contribution >= 4 is 23.2 Å². The SMILES string of the molecule is Fc1ccc(F)c(C[PH](c2ccccc2)(c2ccccc2)c2ccccc2)c1F. The predicted molar refractivity (Wildman–Crippen MR) is 117 cm³/mol. The van der Waals surface area contributed by atoms with Crippen LogP contribution in [-0.2, 0) is 6.16 Å². The molecule has 0 radical (unpaired) electrons. The van der Waals surface area contributed by atoms with Crippen molar-refractivity contribution in [1.82, 2.24) is 0 Å². The Morgan fingerprint density at radius 1 is 0.483 bits per heavy atom. The van der Waals surface area contributed by atoms with Crippen molar-refractivity contribution < 1.29 is 13.2 Å². The Hall–Kier alpha value is -2.90. The summed E-state index contributed by atoms with van der Waals surface area (Å²) >= 11 is 0. The minimum atomic E-state index is -2.90. The third-order valence-corrected chi connectivity index (χ3v) is 10.2. The van der Waals surface area contributed by atoms with Crippen molar-refractivity contribution in [3.8, 4) is 0 Å². The Labute approximate surface area is 169 Å². The molecule has 29 heavy (non-hydrogen) atoms. The molecule has 0 atom stereocenters. The van der Waals surface area contributed by atoms with Gasteiger partial charge in [0.25, 0.3) is 0 Å². The zero-order chi connectivity index (χ0) is 20.3. The summed E-state index contributed by atoms with van der Waals surface area (Å²) < 4.78 is 43.5. The van der Waals surface area contributed by atoms with Crippen molar-refractivity contribution in [1.29, 1.82) is 0 Å². The molecular formula is C25H20F3P. The monoisotopic (exact) mass is 408 g/mol. The molecule has 0 unspecified atom stereocenters. The van der Waals surface area contributed by atoms with Crippen LogP contribution in [0.1, 0.15) is 5.56 Å². The molecule has 0 aliphatic heterocycles. The minimum absolute atomic E-state index is 0.0838. The van der Waals surface area contributed by atoms with Crippen LogP contribution < -0.4 is 15.9 Å². The zero-order valence-electron chi connectivity index (χ0n) is 15.7. The number of hydrogen-bond donors (Lipinski definition) is 0. The molecule has 0 saturated heterocycles. The van der Waals surface area contributed by atoms with E-state index in [0.29, 0.717) is 0 Å². The topological polar surface area (TPSA) is 0 Å². The molecule has 0 spiro atoms. The summed E-state index contributed by atoms with van der Waals surface area (Å²) in [6, 6.07) is 31.2. The van der Waals surface area contributed by atoms with Crippen LogP contribution in [0, 0.1) is 17.5 Å². The van der Waals surface area contributed by atoms with Gasteiger partial charge in [-0.1, -0.05) is 0 Å². The van der Waals surface area contributed by atoms with E-state index in [1.165, 1.54) is 0 Å². The van der Waals surface area contributed by atoms with Gasteiger partial charge in [-0.2, -0.15) is 0 Å². The van der Waals surface area contributed by atoms with Crippen LogP contribution in [0.2, 0.25) is 0 Å². The van der Waals surface area contributed by atoms with Crippen molar-refractivity contribution in [2.24, 2.45) is 0 Å². The van der Waals surface area contributed by atoms with E-state index in [0.717, 1.165) is 28.0 Å². The molecule has 0 aliphatic rings. The van der Waals surface area contributed by atoms with E-state index < -0.39 is 24.7 Å². The van der Waals surface area contributed by atoms with Crippen LogP contribution in [0.5, 0.6) is 0 Å². The van der Waals surface area contributed by atoms with Gasteiger partial charge in [-0.25, -0.2) is 0 Å². The molecule has 0 aliphatic carbocycles. The second-order valence-electron chi connectivity index (χ2n) is 7.00. The quantitative estimate of drug-likeness (QED) is 0.309. The Morgan fingerprint density at radius 3 is 1.28 bits per heavy atom. The Morgan fingerprint density at radius 2 is 0.862 bits per heavy atom. The normalized spacial score (nSPS) is 12.0. The standard InChI is InChI=1S/C25H20F3P/c26-23-16-17-24(27)25(28)22(23)18-29(19-10-4-1-5-11-19,20-12-6-2-7-13-20)21-14-8-3-9-15-21/h1-17,29H,18H2. The van der Waals surface area contributed by atoms with Gasteiger partial charge in [-0.3, -0.25) is 0 Å². The summed E-state index contributed by atoms with van der Waals surface area (Å²) in [7, 11) is -2.90. The van der Waals surface area contributed by atoms with E-state index in [2.05, 4.69) is 0 Å².